The van der Waals surface area contributed by atoms with E-state index in [0.29, 0.717) is 0 Å². The summed E-state index contributed by atoms with van der Waals surface area (Å²) in [6, 6.07) is 12.0. The van der Waals surface area contributed by atoms with E-state index in [9.17, 15) is 4.79 Å². The Morgan fingerprint density at radius 3 is 2.81 bits per heavy atom. The van der Waals surface area contributed by atoms with Gasteiger partial charge in [-0.2, -0.15) is 0 Å². The molecule has 1 fully saturated rings. The smallest absolute Gasteiger partial charge is 0.243 e. The number of likely N-dealkylation sites (tertiary alicyclic amines) is 1. The monoisotopic (exact) mass is 363 g/mol. The molecule has 1 aliphatic heterocycles. The number of imidazole rings is 1. The van der Waals surface area contributed by atoms with E-state index < -0.39 is 0 Å². The average molecular weight is 363 g/mol. The lowest BCUT2D eigenvalue weighted by Crippen LogP contribution is -2.46. The summed E-state index contributed by atoms with van der Waals surface area (Å²) in [6.07, 6.45) is 7.43. The minimum absolute atomic E-state index is 0.0591. The average Bonchev–Trinajstić information content (AvgIpc) is 3.14. The van der Waals surface area contributed by atoms with Crippen LogP contribution in [0.3, 0.4) is 0 Å². The van der Waals surface area contributed by atoms with Crippen molar-refractivity contribution in [2.24, 2.45) is 0 Å². The molecule has 0 spiro atoms. The molecule has 2 aromatic heterocycles. The number of piperidine rings is 1. The zero-order valence-electron chi connectivity index (χ0n) is 15.6. The number of fused-ring (bicyclic) bond motifs is 1. The number of benzene rings is 1. The third kappa shape index (κ3) is 4.01. The zero-order valence-corrected chi connectivity index (χ0v) is 15.6. The molecule has 0 saturated carbocycles. The molecule has 3 aromatic rings. The van der Waals surface area contributed by atoms with Crippen LogP contribution < -0.4 is 5.32 Å². The third-order valence-corrected chi connectivity index (χ3v) is 5.34. The quantitative estimate of drug-likeness (QED) is 0.757. The van der Waals surface area contributed by atoms with Gasteiger partial charge in [0.1, 0.15) is 6.04 Å². The van der Waals surface area contributed by atoms with Gasteiger partial charge in [-0.1, -0.05) is 18.2 Å². The fourth-order valence-electron chi connectivity index (χ4n) is 3.72. The second-order valence-corrected chi connectivity index (χ2v) is 7.24. The van der Waals surface area contributed by atoms with Crippen molar-refractivity contribution in [2.75, 3.05) is 13.1 Å². The Bertz CT molecular complexity index is 899. The summed E-state index contributed by atoms with van der Waals surface area (Å²) < 4.78 is 1.95. The molecule has 1 N–H and O–H groups in total. The van der Waals surface area contributed by atoms with E-state index >= 15 is 0 Å². The second-order valence-electron chi connectivity index (χ2n) is 7.24. The largest absolute Gasteiger partial charge is 0.351 e. The molecule has 1 saturated heterocycles. The topological polar surface area (TPSA) is 63.1 Å². The maximum absolute atomic E-state index is 12.7. The summed E-state index contributed by atoms with van der Waals surface area (Å²) in [5.41, 5.74) is 3.15. The van der Waals surface area contributed by atoms with Crippen molar-refractivity contribution in [2.45, 2.75) is 38.4 Å². The Hall–Kier alpha value is -2.73. The minimum Gasteiger partial charge on any atom is -0.351 e. The molecular formula is C21H25N5O. The molecule has 6 nitrogen and oxygen atoms in total. The van der Waals surface area contributed by atoms with Gasteiger partial charge in [-0.05, 0) is 43.5 Å². The fourth-order valence-corrected chi connectivity index (χ4v) is 3.72. The predicted octanol–water partition coefficient (Wildman–Crippen LogP) is 2.77. The van der Waals surface area contributed by atoms with Crippen LogP contribution in [0.25, 0.3) is 11.0 Å². The number of hydrogen-bond donors (Lipinski definition) is 1. The molecular weight excluding hydrogens is 338 g/mol. The SMILES string of the molecule is C[C@@H](C(=O)NC1CCN(Cc2cccnc2)CC1)n1cnc2ccccc21. The van der Waals surface area contributed by atoms with E-state index in [1.54, 1.807) is 12.5 Å². The van der Waals surface area contributed by atoms with Crippen molar-refractivity contribution in [3.05, 3.63) is 60.7 Å². The van der Waals surface area contributed by atoms with Crippen LogP contribution in [0.15, 0.2) is 55.1 Å². The number of carbonyl (C=O) groups is 1. The summed E-state index contributed by atoms with van der Waals surface area (Å²) in [4.78, 5) is 23.7. The number of hydrogen-bond acceptors (Lipinski definition) is 4. The van der Waals surface area contributed by atoms with E-state index in [1.165, 1.54) is 5.56 Å². The molecule has 0 radical (unpaired) electrons. The van der Waals surface area contributed by atoms with Crippen molar-refractivity contribution in [3.63, 3.8) is 0 Å². The molecule has 1 amide bonds. The first-order valence-electron chi connectivity index (χ1n) is 9.54. The van der Waals surface area contributed by atoms with E-state index in [2.05, 4.69) is 26.3 Å². The van der Waals surface area contributed by atoms with Gasteiger partial charge in [-0.25, -0.2) is 4.98 Å². The van der Waals surface area contributed by atoms with E-state index in [1.807, 2.05) is 48.0 Å². The van der Waals surface area contributed by atoms with E-state index in [0.717, 1.165) is 43.5 Å². The van der Waals surface area contributed by atoms with Crippen LogP contribution in [-0.2, 0) is 11.3 Å². The number of pyridine rings is 1. The van der Waals surface area contributed by atoms with Crippen molar-refractivity contribution in [3.8, 4) is 0 Å². The van der Waals surface area contributed by atoms with Crippen LogP contribution in [0.4, 0.5) is 0 Å². The lowest BCUT2D eigenvalue weighted by atomic mass is 10.0. The van der Waals surface area contributed by atoms with Crippen LogP contribution in [0.2, 0.25) is 0 Å². The van der Waals surface area contributed by atoms with Crippen LogP contribution >= 0.6 is 0 Å². The first-order valence-corrected chi connectivity index (χ1v) is 9.54. The number of nitrogens with one attached hydrogen (secondary N) is 1. The summed E-state index contributed by atoms with van der Waals surface area (Å²) in [6.45, 7) is 4.83. The van der Waals surface area contributed by atoms with Gasteiger partial charge in [0.2, 0.25) is 5.91 Å². The number of nitrogens with zero attached hydrogens (tertiary/aromatic N) is 4. The number of rotatable bonds is 5. The molecule has 1 aromatic carbocycles. The normalized spacial score (nSPS) is 17.1. The number of aromatic nitrogens is 3. The van der Waals surface area contributed by atoms with Crippen LogP contribution in [0.1, 0.15) is 31.4 Å². The zero-order chi connectivity index (χ0) is 18.6. The Kier molecular flexibility index (Phi) is 5.16. The highest BCUT2D eigenvalue weighted by Crippen LogP contribution is 2.19. The molecule has 6 heteroatoms. The number of amides is 1. The Morgan fingerprint density at radius 2 is 2.04 bits per heavy atom. The molecule has 4 rings (SSSR count). The highest BCUT2D eigenvalue weighted by molar-refractivity contribution is 5.83. The van der Waals surface area contributed by atoms with Crippen molar-refractivity contribution in [1.82, 2.24) is 24.8 Å². The van der Waals surface area contributed by atoms with Gasteiger partial charge in [0, 0.05) is 38.1 Å². The van der Waals surface area contributed by atoms with Gasteiger partial charge in [0.25, 0.3) is 0 Å². The molecule has 0 bridgehead atoms. The standard InChI is InChI=1S/C21H25N5O/c1-16(26-15-23-19-6-2-3-7-20(19)26)21(27)24-18-8-11-25(12-9-18)14-17-5-4-10-22-13-17/h2-7,10,13,15-16,18H,8-9,11-12,14H2,1H3,(H,24,27)/t16-/m0/s1. The molecule has 0 aliphatic carbocycles. The summed E-state index contributed by atoms with van der Waals surface area (Å²) in [5.74, 6) is 0.0591. The van der Waals surface area contributed by atoms with Gasteiger partial charge >= 0.3 is 0 Å². The minimum atomic E-state index is -0.272. The molecule has 3 heterocycles. The van der Waals surface area contributed by atoms with Gasteiger partial charge in [0.15, 0.2) is 0 Å². The summed E-state index contributed by atoms with van der Waals surface area (Å²) >= 11 is 0. The highest BCUT2D eigenvalue weighted by atomic mass is 16.2. The maximum atomic E-state index is 12.7. The van der Waals surface area contributed by atoms with Crippen LogP contribution in [0, 0.1) is 0 Å². The molecule has 0 unspecified atom stereocenters. The first kappa shape index (κ1) is 17.7. The predicted molar refractivity (Wildman–Crippen MR) is 105 cm³/mol. The molecule has 27 heavy (non-hydrogen) atoms. The van der Waals surface area contributed by atoms with Crippen LogP contribution in [-0.4, -0.2) is 44.5 Å². The van der Waals surface area contributed by atoms with Crippen molar-refractivity contribution < 1.29 is 4.79 Å². The molecule has 1 atom stereocenters. The van der Waals surface area contributed by atoms with E-state index in [-0.39, 0.29) is 18.0 Å². The third-order valence-electron chi connectivity index (χ3n) is 5.34. The van der Waals surface area contributed by atoms with Crippen molar-refractivity contribution >= 4 is 16.9 Å². The fraction of sp³-hybridized carbons (Fsp3) is 0.381. The summed E-state index contributed by atoms with van der Waals surface area (Å²) in [7, 11) is 0. The number of carbonyl (C=O) groups excluding carboxylic acids is 1. The van der Waals surface area contributed by atoms with Gasteiger partial charge in [-0.3, -0.25) is 14.7 Å². The Balaban J connectivity index is 1.31. The second kappa shape index (κ2) is 7.88. The van der Waals surface area contributed by atoms with Gasteiger partial charge in [-0.15, -0.1) is 0 Å². The Morgan fingerprint density at radius 1 is 1.22 bits per heavy atom. The van der Waals surface area contributed by atoms with Crippen molar-refractivity contribution in [1.29, 1.82) is 0 Å². The summed E-state index contributed by atoms with van der Waals surface area (Å²) in [5, 5.41) is 3.23. The first-order chi connectivity index (χ1) is 13.2. The van der Waals surface area contributed by atoms with Gasteiger partial charge < -0.3 is 9.88 Å². The van der Waals surface area contributed by atoms with Crippen LogP contribution in [0.5, 0.6) is 0 Å². The Labute approximate surface area is 159 Å². The van der Waals surface area contributed by atoms with Gasteiger partial charge in [0.05, 0.1) is 17.4 Å². The lowest BCUT2D eigenvalue weighted by molar-refractivity contribution is -0.124. The molecule has 140 valence electrons. The number of para-hydroxylation sites is 2. The lowest BCUT2D eigenvalue weighted by Gasteiger charge is -2.33. The maximum Gasteiger partial charge on any atom is 0.243 e. The highest BCUT2D eigenvalue weighted by Gasteiger charge is 2.24. The van der Waals surface area contributed by atoms with E-state index in [4.69, 9.17) is 0 Å². The molecule has 1 aliphatic rings.